The monoisotopic (exact) mass is 437 g/mol. The van der Waals surface area contributed by atoms with Gasteiger partial charge in [-0.15, -0.1) is 0 Å². The predicted octanol–water partition coefficient (Wildman–Crippen LogP) is 3.44. The summed E-state index contributed by atoms with van der Waals surface area (Å²) in [5.74, 6) is -0.820. The standard InChI is InChI=1S/C12H10Br2FN3O2S/c1-6-2-11(17-5-9(6)14)18-21(19,20)10-4-7(16)3-8(13)12(10)15/h2-5H,16H2,1H3,(H,17,18). The molecule has 0 radical (unpaired) electrons. The number of nitrogens with zero attached hydrogens (tertiary/aromatic N) is 1. The normalized spacial score (nSPS) is 11.4. The van der Waals surface area contributed by atoms with Gasteiger partial charge < -0.3 is 5.73 Å². The zero-order valence-corrected chi connectivity index (χ0v) is 14.7. The molecule has 1 heterocycles. The summed E-state index contributed by atoms with van der Waals surface area (Å²) in [5.41, 5.74) is 6.47. The van der Waals surface area contributed by atoms with Crippen LogP contribution in [0.1, 0.15) is 5.56 Å². The lowest BCUT2D eigenvalue weighted by atomic mass is 10.3. The lowest BCUT2D eigenvalue weighted by Gasteiger charge is -2.10. The molecule has 0 amide bonds. The molecule has 5 nitrogen and oxygen atoms in total. The molecule has 0 unspecified atom stereocenters. The Hall–Kier alpha value is -1.19. The highest BCUT2D eigenvalue weighted by atomic mass is 79.9. The number of nitrogens with one attached hydrogen (secondary N) is 1. The topological polar surface area (TPSA) is 85.1 Å². The Morgan fingerprint density at radius 1 is 1.24 bits per heavy atom. The van der Waals surface area contributed by atoms with Crippen molar-refractivity contribution in [1.29, 1.82) is 0 Å². The Morgan fingerprint density at radius 3 is 2.52 bits per heavy atom. The first kappa shape index (κ1) is 16.2. The van der Waals surface area contributed by atoms with E-state index in [1.807, 2.05) is 0 Å². The van der Waals surface area contributed by atoms with Crippen molar-refractivity contribution in [3.63, 3.8) is 0 Å². The van der Waals surface area contributed by atoms with E-state index in [0.29, 0.717) is 0 Å². The third-order valence-corrected chi connectivity index (χ3v) is 5.35. The van der Waals surface area contributed by atoms with E-state index in [9.17, 15) is 12.8 Å². The van der Waals surface area contributed by atoms with Crippen LogP contribution in [0, 0.1) is 12.7 Å². The molecule has 0 spiro atoms. The molecule has 2 rings (SSSR count). The fourth-order valence-electron chi connectivity index (χ4n) is 1.57. The highest BCUT2D eigenvalue weighted by molar-refractivity contribution is 9.10. The molecule has 0 saturated heterocycles. The Balaban J connectivity index is 2.45. The molecule has 0 aliphatic heterocycles. The Bertz CT molecular complexity index is 812. The van der Waals surface area contributed by atoms with E-state index in [-0.39, 0.29) is 16.0 Å². The molecular weight excluding hydrogens is 429 g/mol. The van der Waals surface area contributed by atoms with Gasteiger partial charge in [0, 0.05) is 16.4 Å². The number of aromatic nitrogens is 1. The van der Waals surface area contributed by atoms with Crippen molar-refractivity contribution in [3.05, 3.63) is 44.7 Å². The van der Waals surface area contributed by atoms with Gasteiger partial charge in [0.05, 0.1) is 4.47 Å². The summed E-state index contributed by atoms with van der Waals surface area (Å²) in [7, 11) is -4.13. The van der Waals surface area contributed by atoms with E-state index in [1.54, 1.807) is 6.92 Å². The number of hydrogen-bond donors (Lipinski definition) is 2. The van der Waals surface area contributed by atoms with Crippen LogP contribution in [0.25, 0.3) is 0 Å². The van der Waals surface area contributed by atoms with Crippen LogP contribution < -0.4 is 10.5 Å². The summed E-state index contributed by atoms with van der Waals surface area (Å²) in [6.07, 6.45) is 1.46. The highest BCUT2D eigenvalue weighted by Gasteiger charge is 2.22. The number of nitrogens with two attached hydrogens (primary N) is 1. The molecule has 9 heteroatoms. The van der Waals surface area contributed by atoms with Crippen molar-refractivity contribution in [2.75, 3.05) is 10.5 Å². The van der Waals surface area contributed by atoms with E-state index in [0.717, 1.165) is 16.1 Å². The van der Waals surface area contributed by atoms with Gasteiger partial charge in [-0.1, -0.05) is 0 Å². The van der Waals surface area contributed by atoms with E-state index in [2.05, 4.69) is 41.6 Å². The van der Waals surface area contributed by atoms with Crippen LogP contribution in [-0.4, -0.2) is 13.4 Å². The Morgan fingerprint density at radius 2 is 1.90 bits per heavy atom. The zero-order valence-electron chi connectivity index (χ0n) is 10.7. The van der Waals surface area contributed by atoms with Crippen LogP contribution in [0.2, 0.25) is 0 Å². The van der Waals surface area contributed by atoms with Crippen LogP contribution in [-0.2, 0) is 10.0 Å². The predicted molar refractivity (Wildman–Crippen MR) is 86.0 cm³/mol. The number of rotatable bonds is 3. The summed E-state index contributed by atoms with van der Waals surface area (Å²) in [5, 5.41) is 0. The third-order valence-electron chi connectivity index (χ3n) is 2.59. The van der Waals surface area contributed by atoms with Crippen molar-refractivity contribution in [2.24, 2.45) is 0 Å². The molecule has 0 bridgehead atoms. The first-order chi connectivity index (χ1) is 9.70. The van der Waals surface area contributed by atoms with E-state index < -0.39 is 20.7 Å². The number of halogens is 3. The van der Waals surface area contributed by atoms with E-state index in [1.165, 1.54) is 18.3 Å². The second kappa shape index (κ2) is 5.90. The summed E-state index contributed by atoms with van der Waals surface area (Å²) in [4.78, 5) is 3.38. The smallest absolute Gasteiger partial charge is 0.266 e. The largest absolute Gasteiger partial charge is 0.399 e. The molecule has 0 aliphatic carbocycles. The maximum atomic E-state index is 14.0. The second-order valence-electron chi connectivity index (χ2n) is 4.24. The number of anilines is 2. The maximum absolute atomic E-state index is 14.0. The lowest BCUT2D eigenvalue weighted by Crippen LogP contribution is -2.16. The quantitative estimate of drug-likeness (QED) is 0.718. The molecule has 0 atom stereocenters. The van der Waals surface area contributed by atoms with Crippen LogP contribution >= 0.6 is 31.9 Å². The molecule has 2 aromatic rings. The fourth-order valence-corrected chi connectivity index (χ4v) is 3.53. The number of aryl methyl sites for hydroxylation is 1. The highest BCUT2D eigenvalue weighted by Crippen LogP contribution is 2.27. The minimum Gasteiger partial charge on any atom is -0.399 e. The number of nitrogen functional groups attached to an aromatic ring is 1. The third kappa shape index (κ3) is 3.53. The minimum absolute atomic E-state index is 0.0252. The number of benzene rings is 1. The molecule has 0 saturated carbocycles. The summed E-state index contributed by atoms with van der Waals surface area (Å²) in [6, 6.07) is 3.87. The average molecular weight is 439 g/mol. The van der Waals surface area contributed by atoms with Gasteiger partial charge in [-0.2, -0.15) is 0 Å². The maximum Gasteiger partial charge on any atom is 0.266 e. The average Bonchev–Trinajstić information content (AvgIpc) is 2.37. The Labute approximate surface area is 138 Å². The van der Waals surface area contributed by atoms with Crippen LogP contribution in [0.3, 0.4) is 0 Å². The summed E-state index contributed by atoms with van der Waals surface area (Å²) < 4.78 is 41.4. The molecule has 1 aromatic carbocycles. The lowest BCUT2D eigenvalue weighted by molar-refractivity contribution is 0.566. The van der Waals surface area contributed by atoms with Gasteiger partial charge in [-0.25, -0.2) is 17.8 Å². The van der Waals surface area contributed by atoms with Crippen molar-refractivity contribution in [1.82, 2.24) is 4.98 Å². The first-order valence-corrected chi connectivity index (χ1v) is 8.67. The van der Waals surface area contributed by atoms with Gasteiger partial charge in [0.25, 0.3) is 10.0 Å². The summed E-state index contributed by atoms with van der Waals surface area (Å²) in [6.45, 7) is 1.78. The van der Waals surface area contributed by atoms with Crippen molar-refractivity contribution in [3.8, 4) is 0 Å². The minimum atomic E-state index is -4.13. The van der Waals surface area contributed by atoms with Gasteiger partial charge in [0.1, 0.15) is 10.7 Å². The van der Waals surface area contributed by atoms with Crippen molar-refractivity contribution in [2.45, 2.75) is 11.8 Å². The number of pyridine rings is 1. The SMILES string of the molecule is Cc1cc(NS(=O)(=O)c2cc(N)cc(Br)c2F)ncc1Br. The first-order valence-electron chi connectivity index (χ1n) is 5.60. The van der Waals surface area contributed by atoms with Crippen LogP contribution in [0.5, 0.6) is 0 Å². The number of sulfonamides is 1. The van der Waals surface area contributed by atoms with Gasteiger partial charge in [0.2, 0.25) is 0 Å². The molecule has 1 aromatic heterocycles. The second-order valence-corrected chi connectivity index (χ2v) is 7.60. The van der Waals surface area contributed by atoms with E-state index in [4.69, 9.17) is 5.73 Å². The Kier molecular flexibility index (Phi) is 4.54. The fraction of sp³-hybridized carbons (Fsp3) is 0.0833. The molecule has 0 fully saturated rings. The van der Waals surface area contributed by atoms with Crippen LogP contribution in [0.15, 0.2) is 38.2 Å². The molecular formula is C12H10Br2FN3O2S. The van der Waals surface area contributed by atoms with Crippen molar-refractivity contribution >= 4 is 53.4 Å². The molecule has 0 aliphatic rings. The van der Waals surface area contributed by atoms with Gasteiger partial charge in [-0.05, 0) is 62.5 Å². The van der Waals surface area contributed by atoms with Gasteiger partial charge in [0.15, 0.2) is 5.82 Å². The summed E-state index contributed by atoms with van der Waals surface area (Å²) >= 11 is 6.19. The van der Waals surface area contributed by atoms with Gasteiger partial charge in [-0.3, -0.25) is 4.72 Å². The zero-order chi connectivity index (χ0) is 15.8. The van der Waals surface area contributed by atoms with Crippen molar-refractivity contribution < 1.29 is 12.8 Å². The molecule has 3 N–H and O–H groups in total. The molecule has 21 heavy (non-hydrogen) atoms. The number of hydrogen-bond acceptors (Lipinski definition) is 4. The van der Waals surface area contributed by atoms with Crippen LogP contribution in [0.4, 0.5) is 15.9 Å². The van der Waals surface area contributed by atoms with Gasteiger partial charge >= 0.3 is 0 Å². The van der Waals surface area contributed by atoms with E-state index >= 15 is 0 Å². The molecule has 112 valence electrons.